The number of anilines is 1. The molecule has 27 heavy (non-hydrogen) atoms. The monoisotopic (exact) mass is 358 g/mol. The number of nitrogen functional groups attached to an aromatic ring is 1. The van der Waals surface area contributed by atoms with Crippen molar-refractivity contribution in [3.8, 4) is 28.5 Å². The summed E-state index contributed by atoms with van der Waals surface area (Å²) in [4.78, 5) is 14.9. The summed E-state index contributed by atoms with van der Waals surface area (Å²) < 4.78 is 0. The summed E-state index contributed by atoms with van der Waals surface area (Å²) in [5.74, 6) is 0.502. The maximum atomic E-state index is 11.0. The number of hydrogen-bond donors (Lipinski definition) is 1. The number of pyridine rings is 1. The van der Waals surface area contributed by atoms with Gasteiger partial charge in [-0.2, -0.15) is 5.26 Å². The minimum atomic E-state index is -0.456. The fraction of sp³-hybridized carbons (Fsp3) is 0.143. The fourth-order valence-corrected chi connectivity index (χ4v) is 2.88. The minimum absolute atomic E-state index is 0.0277. The van der Waals surface area contributed by atoms with Crippen LogP contribution in [0.25, 0.3) is 22.4 Å². The summed E-state index contributed by atoms with van der Waals surface area (Å²) in [7, 11) is 0. The molecule has 0 saturated heterocycles. The Morgan fingerprint density at radius 1 is 1.11 bits per heavy atom. The number of benzene rings is 2. The number of nitro benzene ring substituents is 1. The lowest BCUT2D eigenvalue weighted by atomic mass is 9.95. The van der Waals surface area contributed by atoms with E-state index in [0.29, 0.717) is 28.3 Å². The highest BCUT2D eigenvalue weighted by molar-refractivity contribution is 5.80. The summed E-state index contributed by atoms with van der Waals surface area (Å²) in [6, 6.07) is 18.0. The molecule has 0 radical (unpaired) electrons. The van der Waals surface area contributed by atoms with Gasteiger partial charge in [0.1, 0.15) is 17.5 Å². The van der Waals surface area contributed by atoms with Crippen LogP contribution < -0.4 is 5.73 Å². The Morgan fingerprint density at radius 2 is 1.81 bits per heavy atom. The summed E-state index contributed by atoms with van der Waals surface area (Å²) in [5.41, 5.74) is 10.0. The van der Waals surface area contributed by atoms with Gasteiger partial charge in [-0.05, 0) is 23.1 Å². The molecular weight excluding hydrogens is 340 g/mol. The first-order valence-corrected chi connectivity index (χ1v) is 8.46. The van der Waals surface area contributed by atoms with E-state index in [0.717, 1.165) is 5.56 Å². The van der Waals surface area contributed by atoms with Gasteiger partial charge in [0.2, 0.25) is 0 Å². The lowest BCUT2D eigenvalue weighted by Gasteiger charge is -2.12. The molecule has 2 N–H and O–H groups in total. The van der Waals surface area contributed by atoms with Crippen LogP contribution in [0.3, 0.4) is 0 Å². The standard InChI is InChI=1S/C21H18N4O2/c1-13(2)14-6-8-15(9-7-14)18-11-20(24-21(23)19(18)12-22)16-4-3-5-17(10-16)25(26)27/h3-11,13H,1-2H3,(H2,23,24). The van der Waals surface area contributed by atoms with Gasteiger partial charge in [-0.15, -0.1) is 0 Å². The third kappa shape index (κ3) is 3.62. The minimum Gasteiger partial charge on any atom is -0.383 e. The second kappa shape index (κ2) is 7.26. The molecule has 0 bridgehead atoms. The van der Waals surface area contributed by atoms with Crippen molar-refractivity contribution >= 4 is 11.5 Å². The van der Waals surface area contributed by atoms with Gasteiger partial charge >= 0.3 is 0 Å². The van der Waals surface area contributed by atoms with E-state index in [2.05, 4.69) is 24.9 Å². The quantitative estimate of drug-likeness (QED) is 0.527. The average Bonchev–Trinajstić information content (AvgIpc) is 2.67. The first-order valence-electron chi connectivity index (χ1n) is 8.46. The molecule has 3 aromatic rings. The second-order valence-corrected chi connectivity index (χ2v) is 6.51. The Kier molecular flexibility index (Phi) is 4.86. The Bertz CT molecular complexity index is 1050. The molecular formula is C21H18N4O2. The number of nitrogens with zero attached hydrogens (tertiary/aromatic N) is 3. The van der Waals surface area contributed by atoms with Crippen molar-refractivity contribution < 1.29 is 4.92 Å². The van der Waals surface area contributed by atoms with Crippen molar-refractivity contribution in [2.24, 2.45) is 0 Å². The summed E-state index contributed by atoms with van der Waals surface area (Å²) >= 11 is 0. The predicted molar refractivity (Wildman–Crippen MR) is 105 cm³/mol. The van der Waals surface area contributed by atoms with Gasteiger partial charge in [0.05, 0.1) is 10.6 Å². The molecule has 0 atom stereocenters. The van der Waals surface area contributed by atoms with Gasteiger partial charge in [-0.1, -0.05) is 50.2 Å². The van der Waals surface area contributed by atoms with Gasteiger partial charge < -0.3 is 5.73 Å². The number of hydrogen-bond acceptors (Lipinski definition) is 5. The van der Waals surface area contributed by atoms with E-state index in [1.54, 1.807) is 18.2 Å². The van der Waals surface area contributed by atoms with Crippen LogP contribution in [0.4, 0.5) is 11.5 Å². The SMILES string of the molecule is CC(C)c1ccc(-c2cc(-c3cccc([N+](=O)[O-])c3)nc(N)c2C#N)cc1. The average molecular weight is 358 g/mol. The lowest BCUT2D eigenvalue weighted by molar-refractivity contribution is -0.384. The number of nitrogens with two attached hydrogens (primary N) is 1. The van der Waals surface area contributed by atoms with Gasteiger partial charge in [0.15, 0.2) is 0 Å². The second-order valence-electron chi connectivity index (χ2n) is 6.51. The molecule has 0 saturated carbocycles. The van der Waals surface area contributed by atoms with Crippen LogP contribution in [0.2, 0.25) is 0 Å². The van der Waals surface area contributed by atoms with Crippen LogP contribution in [0.1, 0.15) is 30.9 Å². The molecule has 0 unspecified atom stereocenters. The third-order valence-corrected chi connectivity index (χ3v) is 4.40. The van der Waals surface area contributed by atoms with E-state index in [4.69, 9.17) is 5.73 Å². The number of aromatic nitrogens is 1. The number of rotatable bonds is 4. The zero-order valence-corrected chi connectivity index (χ0v) is 15.0. The normalized spacial score (nSPS) is 10.6. The molecule has 0 aliphatic rings. The molecule has 0 spiro atoms. The van der Waals surface area contributed by atoms with Crippen LogP contribution in [0, 0.1) is 21.4 Å². The van der Waals surface area contributed by atoms with E-state index in [-0.39, 0.29) is 11.5 Å². The molecule has 6 nitrogen and oxygen atoms in total. The predicted octanol–water partition coefficient (Wildman–Crippen LogP) is 4.90. The smallest absolute Gasteiger partial charge is 0.270 e. The lowest BCUT2D eigenvalue weighted by Crippen LogP contribution is -2.00. The fourth-order valence-electron chi connectivity index (χ4n) is 2.88. The third-order valence-electron chi connectivity index (χ3n) is 4.40. The zero-order chi connectivity index (χ0) is 19.6. The van der Waals surface area contributed by atoms with Crippen molar-refractivity contribution in [3.05, 3.63) is 75.8 Å². The molecule has 6 heteroatoms. The van der Waals surface area contributed by atoms with Crippen LogP contribution >= 0.6 is 0 Å². The van der Waals surface area contributed by atoms with Crippen LogP contribution in [0.5, 0.6) is 0 Å². The maximum absolute atomic E-state index is 11.0. The molecule has 3 rings (SSSR count). The molecule has 134 valence electrons. The van der Waals surface area contributed by atoms with Crippen LogP contribution in [0.15, 0.2) is 54.6 Å². The highest BCUT2D eigenvalue weighted by atomic mass is 16.6. The van der Waals surface area contributed by atoms with Crippen molar-refractivity contribution in [1.82, 2.24) is 4.98 Å². The van der Waals surface area contributed by atoms with E-state index >= 15 is 0 Å². The number of nitro groups is 1. The molecule has 0 fully saturated rings. The Morgan fingerprint density at radius 3 is 2.41 bits per heavy atom. The number of non-ortho nitro benzene ring substituents is 1. The Labute approximate surface area is 157 Å². The van der Waals surface area contributed by atoms with Crippen molar-refractivity contribution in [2.45, 2.75) is 19.8 Å². The van der Waals surface area contributed by atoms with E-state index in [1.807, 2.05) is 24.3 Å². The van der Waals surface area contributed by atoms with Gasteiger partial charge in [-0.25, -0.2) is 4.98 Å². The first-order chi connectivity index (χ1) is 12.9. The van der Waals surface area contributed by atoms with Crippen molar-refractivity contribution in [3.63, 3.8) is 0 Å². The largest absolute Gasteiger partial charge is 0.383 e. The van der Waals surface area contributed by atoms with Crippen molar-refractivity contribution in [1.29, 1.82) is 5.26 Å². The van der Waals surface area contributed by atoms with Crippen molar-refractivity contribution in [2.75, 3.05) is 5.73 Å². The summed E-state index contributed by atoms with van der Waals surface area (Å²) in [5, 5.41) is 20.6. The van der Waals surface area contributed by atoms with Gasteiger partial charge in [-0.3, -0.25) is 10.1 Å². The van der Waals surface area contributed by atoms with Crippen LogP contribution in [-0.2, 0) is 0 Å². The molecule has 0 amide bonds. The molecule has 1 aromatic heterocycles. The topological polar surface area (TPSA) is 106 Å². The maximum Gasteiger partial charge on any atom is 0.270 e. The molecule has 2 aromatic carbocycles. The molecule has 0 aliphatic carbocycles. The molecule has 1 heterocycles. The first kappa shape index (κ1) is 18.1. The Balaban J connectivity index is 2.16. The zero-order valence-electron chi connectivity index (χ0n) is 15.0. The summed E-state index contributed by atoms with van der Waals surface area (Å²) in [6.07, 6.45) is 0. The highest BCUT2D eigenvalue weighted by Gasteiger charge is 2.15. The Hall–Kier alpha value is -3.72. The van der Waals surface area contributed by atoms with Crippen LogP contribution in [-0.4, -0.2) is 9.91 Å². The van der Waals surface area contributed by atoms with E-state index < -0.39 is 4.92 Å². The van der Waals surface area contributed by atoms with E-state index in [1.165, 1.54) is 17.7 Å². The van der Waals surface area contributed by atoms with E-state index in [9.17, 15) is 15.4 Å². The molecule has 0 aliphatic heterocycles. The summed E-state index contributed by atoms with van der Waals surface area (Å²) in [6.45, 7) is 4.22. The number of nitriles is 1. The highest BCUT2D eigenvalue weighted by Crippen LogP contribution is 2.32. The van der Waals surface area contributed by atoms with Gasteiger partial charge in [0.25, 0.3) is 5.69 Å². The van der Waals surface area contributed by atoms with Gasteiger partial charge in [0, 0.05) is 23.3 Å².